The Kier molecular flexibility index (Phi) is 4.34. The summed E-state index contributed by atoms with van der Waals surface area (Å²) in [7, 11) is 0. The quantitative estimate of drug-likeness (QED) is 0.512. The Bertz CT molecular complexity index is 204. The predicted molar refractivity (Wildman–Crippen MR) is 49.6 cm³/mol. The van der Waals surface area contributed by atoms with E-state index in [2.05, 4.69) is 10.6 Å². The molecule has 1 saturated heterocycles. The zero-order valence-electron chi connectivity index (χ0n) is 7.28. The van der Waals surface area contributed by atoms with Crippen LogP contribution < -0.4 is 10.6 Å². The standard InChI is InChI=1S/C7H14N2O3S/c10-7(5-13(11)12)9-4-6-1-2-8-3-6/h6,8H,1-5H2,(H,9,10)(H,11,12). The van der Waals surface area contributed by atoms with E-state index in [4.69, 9.17) is 4.55 Å². The van der Waals surface area contributed by atoms with Crippen molar-refractivity contribution in [3.05, 3.63) is 0 Å². The van der Waals surface area contributed by atoms with E-state index in [0.717, 1.165) is 19.5 Å². The van der Waals surface area contributed by atoms with Crippen molar-refractivity contribution >= 4 is 17.0 Å². The molecule has 1 heterocycles. The van der Waals surface area contributed by atoms with E-state index in [1.807, 2.05) is 0 Å². The summed E-state index contributed by atoms with van der Waals surface area (Å²) in [5.41, 5.74) is 0. The summed E-state index contributed by atoms with van der Waals surface area (Å²) in [5.74, 6) is -0.205. The highest BCUT2D eigenvalue weighted by molar-refractivity contribution is 7.80. The van der Waals surface area contributed by atoms with Gasteiger partial charge in [0, 0.05) is 6.54 Å². The number of hydrogen-bond donors (Lipinski definition) is 3. The molecule has 13 heavy (non-hydrogen) atoms. The van der Waals surface area contributed by atoms with Crippen molar-refractivity contribution in [2.75, 3.05) is 25.4 Å². The lowest BCUT2D eigenvalue weighted by Crippen LogP contribution is -2.33. The second kappa shape index (κ2) is 5.31. The summed E-state index contributed by atoms with van der Waals surface area (Å²) in [5, 5.41) is 5.80. The lowest BCUT2D eigenvalue weighted by molar-refractivity contribution is -0.118. The third-order valence-corrected chi connectivity index (χ3v) is 2.51. The Hall–Kier alpha value is -0.460. The van der Waals surface area contributed by atoms with Crippen molar-refractivity contribution in [2.24, 2.45) is 5.92 Å². The molecule has 6 heteroatoms. The summed E-state index contributed by atoms with van der Waals surface area (Å²) in [6, 6.07) is 0. The van der Waals surface area contributed by atoms with Crippen LogP contribution in [0.2, 0.25) is 0 Å². The van der Waals surface area contributed by atoms with Gasteiger partial charge >= 0.3 is 0 Å². The molecule has 5 nitrogen and oxygen atoms in total. The van der Waals surface area contributed by atoms with Crippen LogP contribution in [0.3, 0.4) is 0 Å². The van der Waals surface area contributed by atoms with Gasteiger partial charge in [0.1, 0.15) is 5.75 Å². The van der Waals surface area contributed by atoms with E-state index in [0.29, 0.717) is 12.5 Å². The minimum absolute atomic E-state index is 0.319. The summed E-state index contributed by atoms with van der Waals surface area (Å²) in [6.45, 7) is 2.51. The molecule has 2 atom stereocenters. The molecule has 0 aromatic heterocycles. The molecule has 1 aliphatic heterocycles. The Morgan fingerprint density at radius 2 is 2.46 bits per heavy atom. The molecule has 0 aromatic carbocycles. The van der Waals surface area contributed by atoms with Gasteiger partial charge in [0.25, 0.3) is 0 Å². The van der Waals surface area contributed by atoms with E-state index >= 15 is 0 Å². The molecular weight excluding hydrogens is 192 g/mol. The van der Waals surface area contributed by atoms with E-state index in [9.17, 15) is 9.00 Å². The third-order valence-electron chi connectivity index (χ3n) is 2.00. The van der Waals surface area contributed by atoms with Crippen LogP contribution in [0.25, 0.3) is 0 Å². The van der Waals surface area contributed by atoms with Crippen molar-refractivity contribution in [2.45, 2.75) is 6.42 Å². The lowest BCUT2D eigenvalue weighted by atomic mass is 10.1. The maximum absolute atomic E-state index is 10.9. The minimum atomic E-state index is -2.03. The average molecular weight is 206 g/mol. The van der Waals surface area contributed by atoms with Gasteiger partial charge in [0.15, 0.2) is 11.1 Å². The van der Waals surface area contributed by atoms with Crippen molar-refractivity contribution in [1.29, 1.82) is 0 Å². The molecule has 1 fully saturated rings. The van der Waals surface area contributed by atoms with Crippen molar-refractivity contribution in [1.82, 2.24) is 10.6 Å². The van der Waals surface area contributed by atoms with E-state index in [1.54, 1.807) is 0 Å². The topological polar surface area (TPSA) is 78.4 Å². The molecule has 3 N–H and O–H groups in total. The molecule has 1 aliphatic rings. The van der Waals surface area contributed by atoms with Gasteiger partial charge in [-0.1, -0.05) is 0 Å². The maximum atomic E-state index is 10.9. The molecule has 0 radical (unpaired) electrons. The monoisotopic (exact) mass is 206 g/mol. The molecule has 1 rings (SSSR count). The normalized spacial score (nSPS) is 24.2. The summed E-state index contributed by atoms with van der Waals surface area (Å²) in [6.07, 6.45) is 1.06. The van der Waals surface area contributed by atoms with Crippen LogP contribution >= 0.6 is 0 Å². The van der Waals surface area contributed by atoms with Crippen LogP contribution in [0, 0.1) is 5.92 Å². The molecule has 0 aliphatic carbocycles. The fourth-order valence-electron chi connectivity index (χ4n) is 1.31. The zero-order chi connectivity index (χ0) is 9.68. The SMILES string of the molecule is O=C(CS(=O)O)NCC1CCNC1. The Morgan fingerprint density at radius 3 is 3.00 bits per heavy atom. The number of hydrogen-bond acceptors (Lipinski definition) is 3. The number of nitrogens with one attached hydrogen (secondary N) is 2. The smallest absolute Gasteiger partial charge is 0.235 e. The van der Waals surface area contributed by atoms with Crippen LogP contribution in [0.1, 0.15) is 6.42 Å². The summed E-state index contributed by atoms with van der Waals surface area (Å²) < 4.78 is 18.7. The number of carbonyl (C=O) groups excluding carboxylic acids is 1. The van der Waals surface area contributed by atoms with Gasteiger partial charge in [-0.2, -0.15) is 0 Å². The maximum Gasteiger partial charge on any atom is 0.235 e. The number of rotatable bonds is 4. The highest BCUT2D eigenvalue weighted by Gasteiger charge is 2.15. The highest BCUT2D eigenvalue weighted by Crippen LogP contribution is 2.04. The first kappa shape index (κ1) is 10.6. The van der Waals surface area contributed by atoms with Gasteiger partial charge in [0.2, 0.25) is 5.91 Å². The van der Waals surface area contributed by atoms with Gasteiger partial charge in [-0.15, -0.1) is 0 Å². The molecule has 2 unspecified atom stereocenters. The van der Waals surface area contributed by atoms with Gasteiger partial charge in [-0.05, 0) is 25.4 Å². The van der Waals surface area contributed by atoms with Crippen LogP contribution in [0.15, 0.2) is 0 Å². The molecule has 0 spiro atoms. The van der Waals surface area contributed by atoms with Crippen LogP contribution in [0.4, 0.5) is 0 Å². The average Bonchev–Trinajstić information content (AvgIpc) is 2.51. The minimum Gasteiger partial charge on any atom is -0.355 e. The number of carbonyl (C=O) groups is 1. The fourth-order valence-corrected chi connectivity index (χ4v) is 1.64. The fraction of sp³-hybridized carbons (Fsp3) is 0.857. The Balaban J connectivity index is 2.10. The second-order valence-corrected chi connectivity index (χ2v) is 4.06. The van der Waals surface area contributed by atoms with E-state index in [-0.39, 0.29) is 11.7 Å². The van der Waals surface area contributed by atoms with Gasteiger partial charge < -0.3 is 15.2 Å². The van der Waals surface area contributed by atoms with Crippen LogP contribution in [-0.4, -0.2) is 40.1 Å². The Labute approximate surface area is 79.6 Å². The van der Waals surface area contributed by atoms with Gasteiger partial charge in [0.05, 0.1) is 0 Å². The molecule has 76 valence electrons. The van der Waals surface area contributed by atoms with E-state index < -0.39 is 11.1 Å². The third kappa shape index (κ3) is 4.35. The van der Waals surface area contributed by atoms with E-state index in [1.165, 1.54) is 0 Å². The first-order chi connectivity index (χ1) is 6.18. The van der Waals surface area contributed by atoms with Crippen molar-refractivity contribution in [3.63, 3.8) is 0 Å². The predicted octanol–water partition coefficient (Wildman–Crippen LogP) is -1.07. The molecule has 0 aromatic rings. The van der Waals surface area contributed by atoms with Gasteiger partial charge in [-0.25, -0.2) is 4.21 Å². The van der Waals surface area contributed by atoms with Crippen LogP contribution in [-0.2, 0) is 15.9 Å². The van der Waals surface area contributed by atoms with Crippen molar-refractivity contribution in [3.8, 4) is 0 Å². The summed E-state index contributed by atoms with van der Waals surface area (Å²) in [4.78, 5) is 10.9. The largest absolute Gasteiger partial charge is 0.355 e. The Morgan fingerprint density at radius 1 is 1.69 bits per heavy atom. The molecule has 1 amide bonds. The summed E-state index contributed by atoms with van der Waals surface area (Å²) >= 11 is -2.03. The highest BCUT2D eigenvalue weighted by atomic mass is 32.2. The number of amides is 1. The first-order valence-electron chi connectivity index (χ1n) is 4.23. The van der Waals surface area contributed by atoms with Gasteiger partial charge in [-0.3, -0.25) is 4.79 Å². The second-order valence-electron chi connectivity index (χ2n) is 3.13. The first-order valence-corrected chi connectivity index (χ1v) is 5.51. The molecule has 0 saturated carbocycles. The van der Waals surface area contributed by atoms with Crippen molar-refractivity contribution < 1.29 is 13.6 Å². The molecule has 0 bridgehead atoms. The van der Waals surface area contributed by atoms with Crippen LogP contribution in [0.5, 0.6) is 0 Å². The zero-order valence-corrected chi connectivity index (χ0v) is 8.10. The lowest BCUT2D eigenvalue weighted by Gasteiger charge is -2.08. The molecular formula is C7H14N2O3S.